The summed E-state index contributed by atoms with van der Waals surface area (Å²) in [6.07, 6.45) is 0. The zero-order valence-electron chi connectivity index (χ0n) is 14.8. The third kappa shape index (κ3) is 3.15. The van der Waals surface area contributed by atoms with Crippen molar-refractivity contribution in [3.63, 3.8) is 0 Å². The van der Waals surface area contributed by atoms with Gasteiger partial charge in [0.2, 0.25) is 0 Å². The number of fused-ring (bicyclic) bond motifs is 1. The number of carbonyl (C=O) groups is 2. The van der Waals surface area contributed by atoms with Crippen molar-refractivity contribution in [3.8, 4) is 17.2 Å². The fourth-order valence-electron chi connectivity index (χ4n) is 2.66. The minimum atomic E-state index is -1.65. The molecule has 2 amide bonds. The van der Waals surface area contributed by atoms with Crippen molar-refractivity contribution in [3.05, 3.63) is 48.0 Å². The monoisotopic (exact) mass is 356 g/mol. The second-order valence-electron chi connectivity index (χ2n) is 5.96. The zero-order valence-corrected chi connectivity index (χ0v) is 14.8. The Hall–Kier alpha value is -3.22. The molecule has 7 nitrogen and oxygen atoms in total. The number of hydrogen-bond acceptors (Lipinski definition) is 5. The molecule has 0 fully saturated rings. The van der Waals surface area contributed by atoms with Crippen LogP contribution in [0.4, 0.5) is 5.69 Å². The number of carbonyl (C=O) groups excluding carboxylic acids is 2. The van der Waals surface area contributed by atoms with Gasteiger partial charge in [-0.1, -0.05) is 18.2 Å². The van der Waals surface area contributed by atoms with E-state index in [1.54, 1.807) is 56.7 Å². The van der Waals surface area contributed by atoms with Crippen molar-refractivity contribution in [1.29, 1.82) is 0 Å². The van der Waals surface area contributed by atoms with Crippen molar-refractivity contribution in [2.75, 3.05) is 19.5 Å². The van der Waals surface area contributed by atoms with Gasteiger partial charge in [0.25, 0.3) is 17.4 Å². The van der Waals surface area contributed by atoms with Crippen LogP contribution in [0.25, 0.3) is 0 Å². The number of nitrogens with one attached hydrogen (secondary N) is 2. The maximum Gasteiger partial charge on any atom is 0.278 e. The van der Waals surface area contributed by atoms with Gasteiger partial charge in [0.15, 0.2) is 11.5 Å². The molecule has 1 aliphatic rings. The summed E-state index contributed by atoms with van der Waals surface area (Å²) >= 11 is 0. The maximum atomic E-state index is 12.6. The summed E-state index contributed by atoms with van der Waals surface area (Å²) in [5.74, 6) is 0.573. The number of ether oxygens (including phenoxy) is 3. The Morgan fingerprint density at radius 3 is 2.62 bits per heavy atom. The minimum absolute atomic E-state index is 0.215. The highest BCUT2D eigenvalue weighted by Gasteiger charge is 2.47. The van der Waals surface area contributed by atoms with Crippen LogP contribution in [-0.4, -0.2) is 31.6 Å². The fraction of sp³-hybridized carbons (Fsp3) is 0.263. The quantitative estimate of drug-likeness (QED) is 0.802. The smallest absolute Gasteiger partial charge is 0.278 e. The Kier molecular flexibility index (Phi) is 4.71. The molecular formula is C19H20N2O5. The van der Waals surface area contributed by atoms with E-state index >= 15 is 0 Å². The van der Waals surface area contributed by atoms with E-state index in [9.17, 15) is 9.59 Å². The van der Waals surface area contributed by atoms with E-state index in [2.05, 4.69) is 10.6 Å². The average Bonchev–Trinajstić information content (AvgIpc) is 2.66. The third-order valence-electron chi connectivity index (χ3n) is 4.22. The number of anilines is 1. The summed E-state index contributed by atoms with van der Waals surface area (Å²) in [6, 6.07) is 12.3. The van der Waals surface area contributed by atoms with E-state index in [0.29, 0.717) is 22.9 Å². The molecule has 26 heavy (non-hydrogen) atoms. The summed E-state index contributed by atoms with van der Waals surface area (Å²) < 4.78 is 16.1. The van der Waals surface area contributed by atoms with Gasteiger partial charge in [-0.15, -0.1) is 0 Å². The molecule has 1 unspecified atom stereocenters. The average molecular weight is 356 g/mol. The molecule has 0 aromatic heterocycles. The van der Waals surface area contributed by atoms with Gasteiger partial charge in [0, 0.05) is 6.54 Å². The number of benzene rings is 2. The number of hydrogen-bond donors (Lipinski definition) is 2. The molecule has 2 aromatic rings. The standard InChI is InChI=1S/C19H20N2O5/c1-19(18(23)21-13-6-4-5-7-14(13)26-19)17(22)20-11-12-8-9-15(24-2)16(10-12)25-3/h4-10H,11H2,1-3H3,(H,20,22)(H,21,23). The highest BCUT2D eigenvalue weighted by molar-refractivity contribution is 6.15. The van der Waals surface area contributed by atoms with Crippen molar-refractivity contribution in [2.45, 2.75) is 19.1 Å². The van der Waals surface area contributed by atoms with Crippen LogP contribution in [0.2, 0.25) is 0 Å². The second kappa shape index (κ2) is 6.95. The van der Waals surface area contributed by atoms with Crippen LogP contribution >= 0.6 is 0 Å². The Labute approximate surface area is 151 Å². The molecule has 0 saturated carbocycles. The SMILES string of the molecule is COc1ccc(CNC(=O)C2(C)Oc3ccccc3NC2=O)cc1OC. The summed E-state index contributed by atoms with van der Waals surface area (Å²) in [5, 5.41) is 5.44. The second-order valence-corrected chi connectivity index (χ2v) is 5.96. The first-order chi connectivity index (χ1) is 12.5. The Balaban J connectivity index is 1.73. The van der Waals surface area contributed by atoms with E-state index in [1.165, 1.54) is 6.92 Å². The summed E-state index contributed by atoms with van der Waals surface area (Å²) in [6.45, 7) is 1.66. The van der Waals surface area contributed by atoms with Gasteiger partial charge in [-0.2, -0.15) is 0 Å². The number of methoxy groups -OCH3 is 2. The first-order valence-electron chi connectivity index (χ1n) is 8.06. The van der Waals surface area contributed by atoms with Gasteiger partial charge in [-0.3, -0.25) is 9.59 Å². The molecule has 1 atom stereocenters. The van der Waals surface area contributed by atoms with Gasteiger partial charge >= 0.3 is 0 Å². The topological polar surface area (TPSA) is 85.9 Å². The third-order valence-corrected chi connectivity index (χ3v) is 4.22. The molecule has 3 rings (SSSR count). The summed E-state index contributed by atoms with van der Waals surface area (Å²) in [7, 11) is 3.09. The van der Waals surface area contributed by atoms with Crippen LogP contribution in [-0.2, 0) is 16.1 Å². The van der Waals surface area contributed by atoms with Gasteiger partial charge in [0.1, 0.15) is 5.75 Å². The zero-order chi connectivity index (χ0) is 18.7. The van der Waals surface area contributed by atoms with E-state index < -0.39 is 17.4 Å². The molecule has 1 aliphatic heterocycles. The van der Waals surface area contributed by atoms with Crippen LogP contribution in [0, 0.1) is 0 Å². The molecule has 0 bridgehead atoms. The highest BCUT2D eigenvalue weighted by atomic mass is 16.5. The molecule has 1 heterocycles. The van der Waals surface area contributed by atoms with E-state index in [1.807, 2.05) is 0 Å². The van der Waals surface area contributed by atoms with Gasteiger partial charge in [-0.25, -0.2) is 0 Å². The number of amides is 2. The predicted octanol–water partition coefficient (Wildman–Crippen LogP) is 2.11. The molecule has 2 aromatic carbocycles. The number of para-hydroxylation sites is 2. The van der Waals surface area contributed by atoms with Gasteiger partial charge in [0.05, 0.1) is 19.9 Å². The lowest BCUT2D eigenvalue weighted by Gasteiger charge is -2.33. The lowest BCUT2D eigenvalue weighted by Crippen LogP contribution is -2.58. The highest BCUT2D eigenvalue weighted by Crippen LogP contribution is 2.33. The summed E-state index contributed by atoms with van der Waals surface area (Å²) in [4.78, 5) is 25.0. The van der Waals surface area contributed by atoms with E-state index in [4.69, 9.17) is 14.2 Å². The van der Waals surface area contributed by atoms with E-state index in [0.717, 1.165) is 5.56 Å². The van der Waals surface area contributed by atoms with Crippen LogP contribution < -0.4 is 24.8 Å². The fourth-order valence-corrected chi connectivity index (χ4v) is 2.66. The Bertz CT molecular complexity index is 852. The molecule has 0 aliphatic carbocycles. The summed E-state index contributed by atoms with van der Waals surface area (Å²) in [5.41, 5.74) is -0.302. The van der Waals surface area contributed by atoms with Crippen molar-refractivity contribution < 1.29 is 23.8 Å². The largest absolute Gasteiger partial charge is 0.493 e. The first kappa shape index (κ1) is 17.6. The van der Waals surface area contributed by atoms with Crippen molar-refractivity contribution >= 4 is 17.5 Å². The first-order valence-corrected chi connectivity index (χ1v) is 8.06. The maximum absolute atomic E-state index is 12.6. The molecule has 136 valence electrons. The molecule has 0 spiro atoms. The van der Waals surface area contributed by atoms with Gasteiger partial charge < -0.3 is 24.8 Å². The van der Waals surface area contributed by atoms with Crippen molar-refractivity contribution in [2.24, 2.45) is 0 Å². The predicted molar refractivity (Wildman–Crippen MR) is 95.5 cm³/mol. The molecule has 7 heteroatoms. The normalized spacial score (nSPS) is 18.2. The Morgan fingerprint density at radius 1 is 1.15 bits per heavy atom. The number of rotatable bonds is 5. The van der Waals surface area contributed by atoms with Crippen LogP contribution in [0.3, 0.4) is 0 Å². The van der Waals surface area contributed by atoms with Gasteiger partial charge in [-0.05, 0) is 36.8 Å². The van der Waals surface area contributed by atoms with Crippen LogP contribution in [0.1, 0.15) is 12.5 Å². The van der Waals surface area contributed by atoms with Crippen molar-refractivity contribution in [1.82, 2.24) is 5.32 Å². The Morgan fingerprint density at radius 2 is 1.88 bits per heavy atom. The molecule has 2 N–H and O–H groups in total. The lowest BCUT2D eigenvalue weighted by molar-refractivity contribution is -0.146. The van der Waals surface area contributed by atoms with Crippen LogP contribution in [0.15, 0.2) is 42.5 Å². The molecular weight excluding hydrogens is 336 g/mol. The van der Waals surface area contributed by atoms with E-state index in [-0.39, 0.29) is 6.54 Å². The minimum Gasteiger partial charge on any atom is -0.493 e. The molecule has 0 saturated heterocycles. The van der Waals surface area contributed by atoms with Crippen LogP contribution in [0.5, 0.6) is 17.2 Å². The lowest BCUT2D eigenvalue weighted by atomic mass is 10.0. The molecule has 0 radical (unpaired) electrons.